The summed E-state index contributed by atoms with van der Waals surface area (Å²) in [5.74, 6) is -0.421. The Kier molecular flexibility index (Phi) is 3.31. The first-order valence-corrected chi connectivity index (χ1v) is 5.40. The summed E-state index contributed by atoms with van der Waals surface area (Å²) >= 11 is 0. The van der Waals surface area contributed by atoms with E-state index in [4.69, 9.17) is 5.26 Å². The Morgan fingerprint density at radius 3 is 2.39 bits per heavy atom. The predicted octanol–water partition coefficient (Wildman–Crippen LogP) is 3.16. The highest BCUT2D eigenvalue weighted by Gasteiger charge is 2.06. The number of phenols is 2. The number of phenolic OH excluding ortho intramolecular Hbond substituents is 2. The summed E-state index contributed by atoms with van der Waals surface area (Å²) in [6.07, 6.45) is 1.55. The van der Waals surface area contributed by atoms with Gasteiger partial charge in [0.2, 0.25) is 0 Å². The van der Waals surface area contributed by atoms with Gasteiger partial charge in [0.1, 0.15) is 0 Å². The SMILES string of the molecule is N#CC(=Cc1cccc(O)c1O)c1ccccc1. The second-order valence-corrected chi connectivity index (χ2v) is 3.75. The summed E-state index contributed by atoms with van der Waals surface area (Å²) in [4.78, 5) is 0. The van der Waals surface area contributed by atoms with Crippen molar-refractivity contribution >= 4 is 11.6 Å². The Morgan fingerprint density at radius 1 is 1.00 bits per heavy atom. The molecule has 0 aliphatic carbocycles. The van der Waals surface area contributed by atoms with Gasteiger partial charge in [0.05, 0.1) is 11.6 Å². The van der Waals surface area contributed by atoms with Gasteiger partial charge in [0, 0.05) is 5.56 Å². The van der Waals surface area contributed by atoms with Crippen LogP contribution in [0.4, 0.5) is 0 Å². The number of hydrogen-bond donors (Lipinski definition) is 2. The smallest absolute Gasteiger partial charge is 0.164 e. The van der Waals surface area contributed by atoms with Crippen LogP contribution in [0.5, 0.6) is 11.5 Å². The fourth-order valence-electron chi connectivity index (χ4n) is 1.62. The minimum absolute atomic E-state index is 0.200. The molecule has 0 aliphatic rings. The maximum absolute atomic E-state index is 9.68. The summed E-state index contributed by atoms with van der Waals surface area (Å²) in [7, 11) is 0. The minimum atomic E-state index is -0.221. The highest BCUT2D eigenvalue weighted by Crippen LogP contribution is 2.31. The Morgan fingerprint density at radius 2 is 1.72 bits per heavy atom. The van der Waals surface area contributed by atoms with Gasteiger partial charge in [-0.2, -0.15) is 5.26 Å². The lowest BCUT2D eigenvalue weighted by Crippen LogP contribution is -1.82. The number of nitriles is 1. The molecule has 0 amide bonds. The van der Waals surface area contributed by atoms with Gasteiger partial charge in [-0.05, 0) is 17.7 Å². The van der Waals surface area contributed by atoms with Crippen LogP contribution >= 0.6 is 0 Å². The third-order valence-corrected chi connectivity index (χ3v) is 2.55. The Labute approximate surface area is 105 Å². The molecule has 2 rings (SSSR count). The van der Waals surface area contributed by atoms with Gasteiger partial charge in [0.25, 0.3) is 0 Å². The molecule has 0 radical (unpaired) electrons. The molecule has 2 aromatic rings. The fourth-order valence-corrected chi connectivity index (χ4v) is 1.62. The van der Waals surface area contributed by atoms with Crippen LogP contribution < -0.4 is 0 Å². The molecule has 3 nitrogen and oxygen atoms in total. The van der Waals surface area contributed by atoms with Crippen LogP contribution in [0, 0.1) is 11.3 Å². The van der Waals surface area contributed by atoms with E-state index < -0.39 is 0 Å². The highest BCUT2D eigenvalue weighted by atomic mass is 16.3. The predicted molar refractivity (Wildman–Crippen MR) is 69.7 cm³/mol. The van der Waals surface area contributed by atoms with E-state index in [2.05, 4.69) is 6.07 Å². The van der Waals surface area contributed by atoms with Gasteiger partial charge in [-0.25, -0.2) is 0 Å². The Balaban J connectivity index is 2.49. The van der Waals surface area contributed by atoms with Crippen molar-refractivity contribution in [2.24, 2.45) is 0 Å². The first-order valence-electron chi connectivity index (χ1n) is 5.40. The molecule has 0 unspecified atom stereocenters. The van der Waals surface area contributed by atoms with Gasteiger partial charge in [-0.3, -0.25) is 0 Å². The van der Waals surface area contributed by atoms with Crippen molar-refractivity contribution in [1.29, 1.82) is 5.26 Å². The summed E-state index contributed by atoms with van der Waals surface area (Å²) in [5.41, 5.74) is 1.61. The summed E-state index contributed by atoms with van der Waals surface area (Å²) in [6.45, 7) is 0. The van der Waals surface area contributed by atoms with Crippen molar-refractivity contribution in [3.8, 4) is 17.6 Å². The maximum atomic E-state index is 9.68. The third kappa shape index (κ3) is 2.33. The number of rotatable bonds is 2. The van der Waals surface area contributed by atoms with Gasteiger partial charge >= 0.3 is 0 Å². The molecular formula is C15H11NO2. The average molecular weight is 237 g/mol. The van der Waals surface area contributed by atoms with Gasteiger partial charge < -0.3 is 10.2 Å². The molecule has 0 fully saturated rings. The van der Waals surface area contributed by atoms with Crippen LogP contribution in [-0.2, 0) is 0 Å². The number of para-hydroxylation sites is 1. The normalized spacial score (nSPS) is 10.9. The van der Waals surface area contributed by atoms with E-state index in [1.54, 1.807) is 18.2 Å². The average Bonchev–Trinajstić information content (AvgIpc) is 2.41. The Bertz CT molecular complexity index is 625. The third-order valence-electron chi connectivity index (χ3n) is 2.55. The van der Waals surface area contributed by atoms with Crippen molar-refractivity contribution in [2.75, 3.05) is 0 Å². The van der Waals surface area contributed by atoms with E-state index in [0.29, 0.717) is 11.1 Å². The van der Waals surface area contributed by atoms with E-state index in [1.165, 1.54) is 6.07 Å². The highest BCUT2D eigenvalue weighted by molar-refractivity contribution is 5.90. The molecule has 0 atom stereocenters. The minimum Gasteiger partial charge on any atom is -0.504 e. The molecule has 88 valence electrons. The molecule has 2 aromatic carbocycles. The molecular weight excluding hydrogens is 226 g/mol. The van der Waals surface area contributed by atoms with Gasteiger partial charge in [-0.15, -0.1) is 0 Å². The number of allylic oxidation sites excluding steroid dienone is 1. The van der Waals surface area contributed by atoms with Crippen LogP contribution in [0.25, 0.3) is 11.6 Å². The van der Waals surface area contributed by atoms with Crippen LogP contribution in [-0.4, -0.2) is 10.2 Å². The van der Waals surface area contributed by atoms with E-state index in [9.17, 15) is 10.2 Å². The van der Waals surface area contributed by atoms with Crippen molar-refractivity contribution < 1.29 is 10.2 Å². The molecule has 18 heavy (non-hydrogen) atoms. The molecule has 0 aromatic heterocycles. The zero-order chi connectivity index (χ0) is 13.0. The van der Waals surface area contributed by atoms with Crippen molar-refractivity contribution in [3.63, 3.8) is 0 Å². The zero-order valence-corrected chi connectivity index (χ0v) is 9.54. The zero-order valence-electron chi connectivity index (χ0n) is 9.54. The number of benzene rings is 2. The second kappa shape index (κ2) is 5.07. The van der Waals surface area contributed by atoms with Gasteiger partial charge in [-0.1, -0.05) is 42.5 Å². The molecule has 0 saturated carbocycles. The van der Waals surface area contributed by atoms with Gasteiger partial charge in [0.15, 0.2) is 11.5 Å². The number of aromatic hydroxyl groups is 2. The summed E-state index contributed by atoms with van der Waals surface area (Å²) in [5, 5.41) is 28.2. The lowest BCUT2D eigenvalue weighted by molar-refractivity contribution is 0.403. The van der Waals surface area contributed by atoms with Crippen LogP contribution in [0.2, 0.25) is 0 Å². The standard InChI is InChI=1S/C15H11NO2/c16-10-13(11-5-2-1-3-6-11)9-12-7-4-8-14(17)15(12)18/h1-9,17-18H. The van der Waals surface area contributed by atoms with E-state index >= 15 is 0 Å². The van der Waals surface area contributed by atoms with Crippen molar-refractivity contribution in [2.45, 2.75) is 0 Å². The summed E-state index contributed by atoms with van der Waals surface area (Å²) < 4.78 is 0. The second-order valence-electron chi connectivity index (χ2n) is 3.75. The molecule has 3 heteroatoms. The van der Waals surface area contributed by atoms with E-state index in [-0.39, 0.29) is 11.5 Å². The summed E-state index contributed by atoms with van der Waals surface area (Å²) in [6, 6.07) is 15.9. The quantitative estimate of drug-likeness (QED) is 0.479. The lowest BCUT2D eigenvalue weighted by Gasteiger charge is -2.03. The van der Waals surface area contributed by atoms with Crippen LogP contribution in [0.15, 0.2) is 48.5 Å². The largest absolute Gasteiger partial charge is 0.504 e. The maximum Gasteiger partial charge on any atom is 0.164 e. The molecule has 2 N–H and O–H groups in total. The Hall–Kier alpha value is -2.73. The molecule has 0 spiro atoms. The van der Waals surface area contributed by atoms with Crippen molar-refractivity contribution in [3.05, 3.63) is 59.7 Å². The van der Waals surface area contributed by atoms with Crippen molar-refractivity contribution in [1.82, 2.24) is 0 Å². The van der Waals surface area contributed by atoms with E-state index in [1.807, 2.05) is 30.3 Å². The number of hydrogen-bond acceptors (Lipinski definition) is 3. The molecule has 0 saturated heterocycles. The topological polar surface area (TPSA) is 64.2 Å². The van der Waals surface area contributed by atoms with E-state index in [0.717, 1.165) is 5.56 Å². The molecule has 0 heterocycles. The van der Waals surface area contributed by atoms with Crippen LogP contribution in [0.3, 0.4) is 0 Å². The first-order chi connectivity index (χ1) is 8.72. The molecule has 0 aliphatic heterocycles. The first kappa shape index (κ1) is 11.7. The number of nitrogens with zero attached hydrogens (tertiary/aromatic N) is 1. The monoisotopic (exact) mass is 237 g/mol. The lowest BCUT2D eigenvalue weighted by atomic mass is 10.0. The fraction of sp³-hybridized carbons (Fsp3) is 0. The molecule has 0 bridgehead atoms. The van der Waals surface area contributed by atoms with Crippen LogP contribution in [0.1, 0.15) is 11.1 Å².